The van der Waals surface area contributed by atoms with Crippen molar-refractivity contribution in [2.75, 3.05) is 59.2 Å². The maximum Gasteiger partial charge on any atom is 0.191 e. The lowest BCUT2D eigenvalue weighted by molar-refractivity contribution is -0.0390. The summed E-state index contributed by atoms with van der Waals surface area (Å²) in [7, 11) is 0. The molecule has 0 atom stereocenters. The van der Waals surface area contributed by atoms with Gasteiger partial charge in [-0.1, -0.05) is 24.3 Å². The second-order valence-electron chi connectivity index (χ2n) is 7.52. The fraction of sp³-hybridized carbons (Fsp3) is 0.682. The molecule has 2 saturated heterocycles. The van der Waals surface area contributed by atoms with E-state index in [-0.39, 0.29) is 24.0 Å². The molecule has 2 aliphatic rings. The summed E-state index contributed by atoms with van der Waals surface area (Å²) in [6, 6.07) is 8.57. The number of nitrogens with zero attached hydrogens (tertiary/aromatic N) is 2. The normalized spacial score (nSPS) is 18.6. The molecule has 3 rings (SSSR count). The molecular formula is C22H37IN4O3. The first-order valence-electron chi connectivity index (χ1n) is 10.9. The van der Waals surface area contributed by atoms with Gasteiger partial charge in [-0.2, -0.15) is 0 Å². The Morgan fingerprint density at radius 1 is 1.03 bits per heavy atom. The molecule has 0 spiro atoms. The van der Waals surface area contributed by atoms with Crippen molar-refractivity contribution >= 4 is 29.9 Å². The van der Waals surface area contributed by atoms with Crippen LogP contribution in [-0.2, 0) is 27.4 Å². The molecule has 0 unspecified atom stereocenters. The summed E-state index contributed by atoms with van der Waals surface area (Å²) >= 11 is 0. The lowest BCUT2D eigenvalue weighted by Gasteiger charge is -2.26. The summed E-state index contributed by atoms with van der Waals surface area (Å²) in [5.41, 5.74) is 2.41. The predicted octanol–water partition coefficient (Wildman–Crippen LogP) is 2.39. The fourth-order valence-corrected chi connectivity index (χ4v) is 3.47. The summed E-state index contributed by atoms with van der Waals surface area (Å²) < 4.78 is 16.8. The van der Waals surface area contributed by atoms with Crippen LogP contribution in [-0.4, -0.2) is 76.1 Å². The Balaban J connectivity index is 0.00000320. The van der Waals surface area contributed by atoms with E-state index in [0.29, 0.717) is 19.3 Å². The van der Waals surface area contributed by atoms with Crippen molar-refractivity contribution in [3.63, 3.8) is 0 Å². The zero-order valence-electron chi connectivity index (χ0n) is 18.1. The van der Waals surface area contributed by atoms with Gasteiger partial charge in [0.25, 0.3) is 0 Å². The Kier molecular flexibility index (Phi) is 12.6. The van der Waals surface area contributed by atoms with Crippen LogP contribution < -0.4 is 10.6 Å². The summed E-state index contributed by atoms with van der Waals surface area (Å²) in [6.07, 6.45) is 2.33. The molecule has 0 aliphatic carbocycles. The van der Waals surface area contributed by atoms with Crippen LogP contribution in [0.15, 0.2) is 29.3 Å². The van der Waals surface area contributed by atoms with Gasteiger partial charge in [0.1, 0.15) is 0 Å². The van der Waals surface area contributed by atoms with E-state index in [1.165, 1.54) is 11.1 Å². The second-order valence-corrected chi connectivity index (χ2v) is 7.52. The number of guanidine groups is 1. The van der Waals surface area contributed by atoms with Gasteiger partial charge >= 0.3 is 0 Å². The number of hydrogen-bond acceptors (Lipinski definition) is 5. The Morgan fingerprint density at radius 3 is 2.40 bits per heavy atom. The number of ether oxygens (including phenoxy) is 3. The molecule has 1 aromatic rings. The SMILES string of the molecule is CCNC(=NCc1ccc(COC2CCOCC2)cc1)NCCN1CCOCC1.I. The van der Waals surface area contributed by atoms with Crippen LogP contribution >= 0.6 is 24.0 Å². The van der Waals surface area contributed by atoms with Gasteiger partial charge in [0.15, 0.2) is 5.96 Å². The van der Waals surface area contributed by atoms with Gasteiger partial charge in [0.2, 0.25) is 0 Å². The lowest BCUT2D eigenvalue weighted by Crippen LogP contribution is -2.44. The molecule has 1 aromatic carbocycles. The largest absolute Gasteiger partial charge is 0.381 e. The smallest absolute Gasteiger partial charge is 0.191 e. The van der Waals surface area contributed by atoms with Crippen LogP contribution in [0.3, 0.4) is 0 Å². The van der Waals surface area contributed by atoms with E-state index in [1.54, 1.807) is 0 Å². The molecule has 170 valence electrons. The van der Waals surface area contributed by atoms with Crippen molar-refractivity contribution in [2.24, 2.45) is 4.99 Å². The number of halogens is 1. The number of hydrogen-bond donors (Lipinski definition) is 2. The predicted molar refractivity (Wildman–Crippen MR) is 131 cm³/mol. The molecule has 2 aliphatic heterocycles. The van der Waals surface area contributed by atoms with E-state index in [9.17, 15) is 0 Å². The molecule has 0 saturated carbocycles. The first-order valence-corrected chi connectivity index (χ1v) is 10.9. The quantitative estimate of drug-likeness (QED) is 0.289. The first-order chi connectivity index (χ1) is 14.3. The molecule has 2 fully saturated rings. The van der Waals surface area contributed by atoms with Crippen molar-refractivity contribution in [2.45, 2.75) is 39.0 Å². The second kappa shape index (κ2) is 15.0. The highest BCUT2D eigenvalue weighted by Gasteiger charge is 2.14. The Bertz CT molecular complexity index is 603. The van der Waals surface area contributed by atoms with E-state index in [4.69, 9.17) is 19.2 Å². The molecule has 7 nitrogen and oxygen atoms in total. The van der Waals surface area contributed by atoms with Crippen LogP contribution in [0.4, 0.5) is 0 Å². The third-order valence-electron chi connectivity index (χ3n) is 5.27. The maximum atomic E-state index is 5.99. The standard InChI is InChI=1S/C22H36N4O3.HI/c1-2-23-22(24-9-10-26-11-15-28-16-12-26)25-17-19-3-5-20(6-4-19)18-29-21-7-13-27-14-8-21;/h3-6,21H,2,7-18H2,1H3,(H2,23,24,25);1H. The molecule has 0 amide bonds. The molecule has 0 bridgehead atoms. The average molecular weight is 532 g/mol. The van der Waals surface area contributed by atoms with Gasteiger partial charge in [0, 0.05) is 45.9 Å². The molecule has 2 N–H and O–H groups in total. The topological polar surface area (TPSA) is 67.4 Å². The van der Waals surface area contributed by atoms with Crippen molar-refractivity contribution < 1.29 is 14.2 Å². The van der Waals surface area contributed by atoms with Gasteiger partial charge < -0.3 is 24.8 Å². The van der Waals surface area contributed by atoms with Crippen LogP contribution in [0.1, 0.15) is 30.9 Å². The van der Waals surface area contributed by atoms with E-state index in [1.807, 2.05) is 0 Å². The average Bonchev–Trinajstić information content (AvgIpc) is 2.78. The Labute approximate surface area is 197 Å². The molecule has 8 heteroatoms. The molecule has 2 heterocycles. The van der Waals surface area contributed by atoms with Crippen molar-refractivity contribution in [3.8, 4) is 0 Å². The number of morpholine rings is 1. The highest BCUT2D eigenvalue weighted by molar-refractivity contribution is 14.0. The van der Waals surface area contributed by atoms with Crippen LogP contribution in [0.25, 0.3) is 0 Å². The minimum absolute atomic E-state index is 0. The van der Waals surface area contributed by atoms with Crippen molar-refractivity contribution in [1.82, 2.24) is 15.5 Å². The van der Waals surface area contributed by atoms with Gasteiger partial charge in [-0.3, -0.25) is 4.90 Å². The minimum atomic E-state index is 0. The van der Waals surface area contributed by atoms with Crippen LogP contribution in [0, 0.1) is 0 Å². The van der Waals surface area contributed by atoms with Crippen molar-refractivity contribution in [1.29, 1.82) is 0 Å². The van der Waals surface area contributed by atoms with Gasteiger partial charge in [-0.25, -0.2) is 4.99 Å². The van der Waals surface area contributed by atoms with Crippen LogP contribution in [0.2, 0.25) is 0 Å². The molecule has 0 aromatic heterocycles. The van der Waals surface area contributed by atoms with Gasteiger partial charge in [0.05, 0.1) is 32.5 Å². The van der Waals surface area contributed by atoms with Crippen LogP contribution in [0.5, 0.6) is 0 Å². The molecule has 0 radical (unpaired) electrons. The third kappa shape index (κ3) is 9.47. The zero-order chi connectivity index (χ0) is 20.2. The highest BCUT2D eigenvalue weighted by atomic mass is 127. The Hall–Kier alpha value is -0.940. The number of aliphatic imine (C=N–C) groups is 1. The van der Waals surface area contributed by atoms with E-state index in [0.717, 1.165) is 78.0 Å². The molecular weight excluding hydrogens is 495 g/mol. The summed E-state index contributed by atoms with van der Waals surface area (Å²) in [5.74, 6) is 0.868. The Morgan fingerprint density at radius 2 is 1.70 bits per heavy atom. The number of nitrogens with one attached hydrogen (secondary N) is 2. The van der Waals surface area contributed by atoms with Gasteiger partial charge in [-0.15, -0.1) is 24.0 Å². The lowest BCUT2D eigenvalue weighted by atomic mass is 10.1. The van der Waals surface area contributed by atoms with E-state index >= 15 is 0 Å². The maximum absolute atomic E-state index is 5.99. The summed E-state index contributed by atoms with van der Waals surface area (Å²) in [5, 5.41) is 6.76. The third-order valence-corrected chi connectivity index (χ3v) is 5.27. The zero-order valence-corrected chi connectivity index (χ0v) is 20.4. The summed E-state index contributed by atoms with van der Waals surface area (Å²) in [4.78, 5) is 7.14. The van der Waals surface area contributed by atoms with E-state index in [2.05, 4.69) is 46.7 Å². The first kappa shape index (κ1) is 25.3. The van der Waals surface area contributed by atoms with Gasteiger partial charge in [-0.05, 0) is 30.9 Å². The monoisotopic (exact) mass is 532 g/mol. The van der Waals surface area contributed by atoms with Crippen molar-refractivity contribution in [3.05, 3.63) is 35.4 Å². The minimum Gasteiger partial charge on any atom is -0.381 e. The fourth-order valence-electron chi connectivity index (χ4n) is 3.47. The highest BCUT2D eigenvalue weighted by Crippen LogP contribution is 2.14. The summed E-state index contributed by atoms with van der Waals surface area (Å²) in [6.45, 7) is 11.5. The number of benzene rings is 1. The number of rotatable bonds is 9. The van der Waals surface area contributed by atoms with E-state index < -0.39 is 0 Å². The molecule has 30 heavy (non-hydrogen) atoms.